The molecule has 0 saturated carbocycles. The van der Waals surface area contributed by atoms with E-state index in [9.17, 15) is 18.0 Å². The highest BCUT2D eigenvalue weighted by molar-refractivity contribution is 7.20. The van der Waals surface area contributed by atoms with Crippen molar-refractivity contribution in [3.05, 3.63) is 29.2 Å². The molecule has 0 bridgehead atoms. The maximum atomic E-state index is 12.7. The van der Waals surface area contributed by atoms with Crippen LogP contribution in [0.15, 0.2) is 18.6 Å². The molecule has 0 radical (unpaired) electrons. The quantitative estimate of drug-likeness (QED) is 0.685. The predicted octanol–water partition coefficient (Wildman–Crippen LogP) is 3.11. The van der Waals surface area contributed by atoms with Crippen LogP contribution in [0.25, 0.3) is 4.96 Å². The van der Waals surface area contributed by atoms with Gasteiger partial charge in [-0.05, 0) is 18.9 Å². The Morgan fingerprint density at radius 3 is 2.71 bits per heavy atom. The number of pyridine rings is 1. The second-order valence-corrected chi connectivity index (χ2v) is 7.61. The van der Waals surface area contributed by atoms with Gasteiger partial charge in [0.05, 0.1) is 10.6 Å². The van der Waals surface area contributed by atoms with Crippen molar-refractivity contribution in [3.63, 3.8) is 0 Å². The molecule has 3 aromatic rings. The Hall–Kier alpha value is -2.47. The van der Waals surface area contributed by atoms with Crippen LogP contribution in [0, 0.1) is 5.92 Å². The van der Waals surface area contributed by atoms with Crippen LogP contribution >= 0.6 is 22.9 Å². The molecule has 8 nitrogen and oxygen atoms in total. The number of halogens is 4. The molecule has 1 N–H and O–H groups in total. The minimum Gasteiger partial charge on any atom is -0.355 e. The number of amides is 1. The zero-order valence-corrected chi connectivity index (χ0v) is 15.7. The molecule has 148 valence electrons. The molecule has 4 rings (SSSR count). The first-order valence-corrected chi connectivity index (χ1v) is 9.46. The Kier molecular flexibility index (Phi) is 4.83. The van der Waals surface area contributed by atoms with E-state index in [1.54, 1.807) is 4.90 Å². The zero-order valence-electron chi connectivity index (χ0n) is 14.1. The van der Waals surface area contributed by atoms with E-state index in [-0.39, 0.29) is 16.8 Å². The molecular weight excluding hydrogens is 419 g/mol. The highest BCUT2D eigenvalue weighted by Crippen LogP contribution is 2.34. The average molecular weight is 432 g/mol. The summed E-state index contributed by atoms with van der Waals surface area (Å²) in [5.74, 6) is -0.0999. The van der Waals surface area contributed by atoms with Gasteiger partial charge in [0.1, 0.15) is 12.1 Å². The number of hydrogen-bond acceptors (Lipinski definition) is 7. The third-order valence-corrected chi connectivity index (χ3v) is 5.54. The van der Waals surface area contributed by atoms with E-state index in [2.05, 4.69) is 25.6 Å². The van der Waals surface area contributed by atoms with Crippen molar-refractivity contribution in [2.75, 3.05) is 23.3 Å². The van der Waals surface area contributed by atoms with Crippen LogP contribution in [0.4, 0.5) is 24.1 Å². The molecule has 1 saturated heterocycles. The zero-order chi connectivity index (χ0) is 19.9. The van der Waals surface area contributed by atoms with E-state index in [1.807, 2.05) is 0 Å². The molecule has 1 fully saturated rings. The molecule has 0 atom stereocenters. The van der Waals surface area contributed by atoms with Crippen molar-refractivity contribution in [3.8, 4) is 0 Å². The topological polar surface area (TPSA) is 88.3 Å². The number of fused-ring (bicyclic) bond motifs is 1. The first-order valence-electron chi connectivity index (χ1n) is 8.26. The SMILES string of the molecule is O=C(Nc1nn2cnnc2s1)C1CCN(c2ncc(C(F)(F)F)cc2Cl)CC1. The van der Waals surface area contributed by atoms with E-state index in [1.165, 1.54) is 22.2 Å². The molecule has 0 aromatic carbocycles. The lowest BCUT2D eigenvalue weighted by atomic mass is 9.96. The highest BCUT2D eigenvalue weighted by atomic mass is 35.5. The van der Waals surface area contributed by atoms with E-state index in [0.29, 0.717) is 41.8 Å². The number of rotatable bonds is 3. The third-order valence-electron chi connectivity index (χ3n) is 4.43. The van der Waals surface area contributed by atoms with Gasteiger partial charge in [0.25, 0.3) is 0 Å². The van der Waals surface area contributed by atoms with Crippen molar-refractivity contribution < 1.29 is 18.0 Å². The fourth-order valence-electron chi connectivity index (χ4n) is 2.99. The van der Waals surface area contributed by atoms with Gasteiger partial charge in [-0.25, -0.2) is 4.98 Å². The van der Waals surface area contributed by atoms with Crippen LogP contribution in [-0.4, -0.2) is 43.8 Å². The molecule has 13 heteroatoms. The van der Waals surface area contributed by atoms with Crippen molar-refractivity contribution in [1.29, 1.82) is 0 Å². The number of piperidine rings is 1. The summed E-state index contributed by atoms with van der Waals surface area (Å²) in [6, 6.07) is 0.871. The molecule has 1 aliphatic rings. The van der Waals surface area contributed by atoms with Gasteiger partial charge in [0.2, 0.25) is 16.0 Å². The Morgan fingerprint density at radius 1 is 1.32 bits per heavy atom. The number of carbonyl (C=O) groups is 1. The maximum absolute atomic E-state index is 12.7. The van der Waals surface area contributed by atoms with Crippen LogP contribution < -0.4 is 10.2 Å². The summed E-state index contributed by atoms with van der Waals surface area (Å²) in [5, 5.41) is 14.9. The van der Waals surface area contributed by atoms with Crippen LogP contribution in [0.3, 0.4) is 0 Å². The lowest BCUT2D eigenvalue weighted by molar-refractivity contribution is -0.137. The fourth-order valence-corrected chi connectivity index (χ4v) is 4.00. The van der Waals surface area contributed by atoms with Gasteiger partial charge in [-0.1, -0.05) is 22.9 Å². The number of hydrogen-bond donors (Lipinski definition) is 1. The number of nitrogens with zero attached hydrogens (tertiary/aromatic N) is 6. The summed E-state index contributed by atoms with van der Waals surface area (Å²) in [5.41, 5.74) is -0.888. The summed E-state index contributed by atoms with van der Waals surface area (Å²) >= 11 is 7.21. The Labute approximate surface area is 165 Å². The van der Waals surface area contributed by atoms with Gasteiger partial charge < -0.3 is 10.2 Å². The van der Waals surface area contributed by atoms with Crippen molar-refractivity contribution in [2.24, 2.45) is 5.92 Å². The monoisotopic (exact) mass is 431 g/mol. The number of alkyl halides is 3. The summed E-state index contributed by atoms with van der Waals surface area (Å²) in [7, 11) is 0. The van der Waals surface area contributed by atoms with Gasteiger partial charge in [-0.3, -0.25) is 4.79 Å². The second-order valence-electron chi connectivity index (χ2n) is 6.24. The first-order chi connectivity index (χ1) is 13.3. The molecule has 28 heavy (non-hydrogen) atoms. The van der Waals surface area contributed by atoms with Gasteiger partial charge in [-0.15, -0.1) is 15.3 Å². The molecule has 0 unspecified atom stereocenters. The second kappa shape index (κ2) is 7.17. The van der Waals surface area contributed by atoms with E-state index in [4.69, 9.17) is 11.6 Å². The normalized spacial score (nSPS) is 15.9. The van der Waals surface area contributed by atoms with Gasteiger partial charge in [0.15, 0.2) is 0 Å². The molecule has 0 spiro atoms. The van der Waals surface area contributed by atoms with Crippen molar-refractivity contribution in [1.82, 2.24) is 24.8 Å². The van der Waals surface area contributed by atoms with E-state index < -0.39 is 11.7 Å². The molecule has 3 aromatic heterocycles. The highest BCUT2D eigenvalue weighted by Gasteiger charge is 2.33. The molecule has 1 aliphatic heterocycles. The fraction of sp³-hybridized carbons (Fsp3) is 0.400. The Balaban J connectivity index is 1.37. The standard InChI is InChI=1S/C15H13ClF3N7OS/c16-10-5-9(15(17,18)19)6-20-11(10)25-3-1-8(2-4-25)12(27)22-13-24-26-7-21-23-14(26)28-13/h5-8H,1-4H2,(H,22,24,27). The number of nitrogens with one attached hydrogen (secondary N) is 1. The summed E-state index contributed by atoms with van der Waals surface area (Å²) in [6.45, 7) is 0.919. The van der Waals surface area contributed by atoms with Crippen LogP contribution in [-0.2, 0) is 11.0 Å². The van der Waals surface area contributed by atoms with E-state index in [0.717, 1.165) is 12.3 Å². The molecule has 1 amide bonds. The first kappa shape index (κ1) is 18.9. The third kappa shape index (κ3) is 3.74. The number of anilines is 2. The van der Waals surface area contributed by atoms with E-state index >= 15 is 0 Å². The van der Waals surface area contributed by atoms with Gasteiger partial charge in [-0.2, -0.15) is 17.7 Å². The molecular formula is C15H13ClF3N7OS. The summed E-state index contributed by atoms with van der Waals surface area (Å²) < 4.78 is 39.7. The number of aromatic nitrogens is 5. The van der Waals surface area contributed by atoms with Crippen LogP contribution in [0.5, 0.6) is 0 Å². The van der Waals surface area contributed by atoms with Crippen LogP contribution in [0.1, 0.15) is 18.4 Å². The lowest BCUT2D eigenvalue weighted by Crippen LogP contribution is -2.38. The Morgan fingerprint density at radius 2 is 2.07 bits per heavy atom. The lowest BCUT2D eigenvalue weighted by Gasteiger charge is -2.32. The smallest absolute Gasteiger partial charge is 0.355 e. The largest absolute Gasteiger partial charge is 0.417 e. The predicted molar refractivity (Wildman–Crippen MR) is 96.5 cm³/mol. The maximum Gasteiger partial charge on any atom is 0.417 e. The Bertz CT molecular complexity index is 984. The van der Waals surface area contributed by atoms with Crippen molar-refractivity contribution in [2.45, 2.75) is 19.0 Å². The minimum absolute atomic E-state index is 0.0579. The van der Waals surface area contributed by atoms with Gasteiger partial charge >= 0.3 is 6.18 Å². The number of carbonyl (C=O) groups excluding carboxylic acids is 1. The summed E-state index contributed by atoms with van der Waals surface area (Å²) in [4.78, 5) is 18.7. The van der Waals surface area contributed by atoms with Crippen molar-refractivity contribution >= 4 is 44.8 Å². The van der Waals surface area contributed by atoms with Gasteiger partial charge in [0, 0.05) is 25.2 Å². The average Bonchev–Trinajstić information content (AvgIpc) is 3.22. The van der Waals surface area contributed by atoms with Crippen LogP contribution in [0.2, 0.25) is 5.02 Å². The summed E-state index contributed by atoms with van der Waals surface area (Å²) in [6.07, 6.45) is -1.23. The molecule has 4 heterocycles. The molecule has 0 aliphatic carbocycles. The minimum atomic E-state index is -4.49.